The van der Waals surface area contributed by atoms with Crippen LogP contribution in [0.1, 0.15) is 18.4 Å². The van der Waals surface area contributed by atoms with Crippen molar-refractivity contribution in [3.8, 4) is 5.75 Å². The molecule has 4 N–H and O–H groups in total. The average molecular weight is 250 g/mol. The van der Waals surface area contributed by atoms with Crippen molar-refractivity contribution in [1.82, 2.24) is 0 Å². The molecule has 1 saturated heterocycles. The standard InChI is InChI=1S/C13H18N2O3/c1-8-2-4-11(16)10(6-8)15-13(17)12-5-3-9(7-14)18-12/h2,4,6,9,12,16H,3,5,7,14H2,1H3,(H,15,17). The third-order valence-corrected chi connectivity index (χ3v) is 3.07. The summed E-state index contributed by atoms with van der Waals surface area (Å²) >= 11 is 0. The molecule has 1 aromatic carbocycles. The van der Waals surface area contributed by atoms with Gasteiger partial charge in [0.15, 0.2) is 0 Å². The van der Waals surface area contributed by atoms with Crippen molar-refractivity contribution in [2.24, 2.45) is 5.73 Å². The first-order chi connectivity index (χ1) is 8.60. The molecule has 0 saturated carbocycles. The zero-order valence-corrected chi connectivity index (χ0v) is 10.3. The molecular weight excluding hydrogens is 232 g/mol. The average Bonchev–Trinajstić information content (AvgIpc) is 2.82. The number of carbonyl (C=O) groups excluding carboxylic acids is 1. The van der Waals surface area contributed by atoms with Crippen molar-refractivity contribution >= 4 is 11.6 Å². The van der Waals surface area contributed by atoms with Crippen LogP contribution in [0.25, 0.3) is 0 Å². The molecule has 0 bridgehead atoms. The van der Waals surface area contributed by atoms with E-state index in [1.54, 1.807) is 18.2 Å². The summed E-state index contributed by atoms with van der Waals surface area (Å²) in [5, 5.41) is 12.3. The molecule has 0 radical (unpaired) electrons. The van der Waals surface area contributed by atoms with Gasteiger partial charge in [-0.1, -0.05) is 6.07 Å². The molecule has 0 aliphatic carbocycles. The second-order valence-corrected chi connectivity index (χ2v) is 4.57. The van der Waals surface area contributed by atoms with Crippen molar-refractivity contribution in [3.63, 3.8) is 0 Å². The fourth-order valence-corrected chi connectivity index (χ4v) is 2.04. The Kier molecular flexibility index (Phi) is 3.84. The number of anilines is 1. The summed E-state index contributed by atoms with van der Waals surface area (Å²) in [4.78, 5) is 12.0. The van der Waals surface area contributed by atoms with Crippen molar-refractivity contribution in [3.05, 3.63) is 23.8 Å². The Bertz CT molecular complexity index is 448. The third-order valence-electron chi connectivity index (χ3n) is 3.07. The van der Waals surface area contributed by atoms with E-state index in [-0.39, 0.29) is 17.8 Å². The van der Waals surface area contributed by atoms with Crippen LogP contribution >= 0.6 is 0 Å². The van der Waals surface area contributed by atoms with Gasteiger partial charge in [0.25, 0.3) is 5.91 Å². The van der Waals surface area contributed by atoms with Crippen LogP contribution in [0.3, 0.4) is 0 Å². The van der Waals surface area contributed by atoms with Crippen molar-refractivity contribution < 1.29 is 14.6 Å². The van der Waals surface area contributed by atoms with Gasteiger partial charge < -0.3 is 20.9 Å². The van der Waals surface area contributed by atoms with Crippen molar-refractivity contribution in [2.45, 2.75) is 32.0 Å². The molecule has 1 aliphatic heterocycles. The number of phenols is 1. The SMILES string of the molecule is Cc1ccc(O)c(NC(=O)C2CCC(CN)O2)c1. The molecule has 2 rings (SSSR count). The number of carbonyl (C=O) groups is 1. The first kappa shape index (κ1) is 12.9. The minimum atomic E-state index is -0.474. The fourth-order valence-electron chi connectivity index (χ4n) is 2.04. The second kappa shape index (κ2) is 5.37. The van der Waals surface area contributed by atoms with Crippen LogP contribution in [0.4, 0.5) is 5.69 Å². The Labute approximate surface area is 106 Å². The fraction of sp³-hybridized carbons (Fsp3) is 0.462. The molecule has 1 aliphatic rings. The number of aromatic hydroxyl groups is 1. The summed E-state index contributed by atoms with van der Waals surface area (Å²) in [6, 6.07) is 5.06. The maximum Gasteiger partial charge on any atom is 0.253 e. The molecule has 2 unspecified atom stereocenters. The summed E-state index contributed by atoms with van der Waals surface area (Å²) in [5.74, 6) is -0.172. The van der Waals surface area contributed by atoms with Gasteiger partial charge in [0.2, 0.25) is 0 Å². The van der Waals surface area contributed by atoms with E-state index >= 15 is 0 Å². The topological polar surface area (TPSA) is 84.6 Å². The van der Waals surface area contributed by atoms with E-state index in [0.717, 1.165) is 12.0 Å². The summed E-state index contributed by atoms with van der Waals surface area (Å²) in [6.07, 6.45) is 0.958. The monoisotopic (exact) mass is 250 g/mol. The highest BCUT2D eigenvalue weighted by Gasteiger charge is 2.30. The number of phenolic OH excluding ortho intramolecular Hbond substituents is 1. The molecule has 0 spiro atoms. The van der Waals surface area contributed by atoms with Crippen LogP contribution < -0.4 is 11.1 Å². The molecule has 18 heavy (non-hydrogen) atoms. The molecule has 0 aromatic heterocycles. The number of hydrogen-bond acceptors (Lipinski definition) is 4. The summed E-state index contributed by atoms with van der Waals surface area (Å²) in [7, 11) is 0. The molecule has 1 amide bonds. The number of nitrogens with two attached hydrogens (primary N) is 1. The lowest BCUT2D eigenvalue weighted by molar-refractivity contribution is -0.126. The summed E-state index contributed by atoms with van der Waals surface area (Å²) in [5.41, 5.74) is 6.88. The highest BCUT2D eigenvalue weighted by Crippen LogP contribution is 2.26. The Morgan fingerprint density at radius 3 is 3.00 bits per heavy atom. The highest BCUT2D eigenvalue weighted by molar-refractivity contribution is 5.95. The molecule has 1 heterocycles. The zero-order chi connectivity index (χ0) is 13.1. The maximum atomic E-state index is 12.0. The van der Waals surface area contributed by atoms with Crippen LogP contribution in [0.15, 0.2) is 18.2 Å². The van der Waals surface area contributed by atoms with E-state index < -0.39 is 6.10 Å². The Morgan fingerprint density at radius 2 is 2.33 bits per heavy atom. The van der Waals surface area contributed by atoms with Gasteiger partial charge >= 0.3 is 0 Å². The van der Waals surface area contributed by atoms with E-state index in [4.69, 9.17) is 10.5 Å². The minimum absolute atomic E-state index is 0.0353. The second-order valence-electron chi connectivity index (χ2n) is 4.57. The summed E-state index contributed by atoms with van der Waals surface area (Å²) < 4.78 is 5.50. The number of rotatable bonds is 3. The van der Waals surface area contributed by atoms with Crippen LogP contribution in [-0.2, 0) is 9.53 Å². The maximum absolute atomic E-state index is 12.0. The number of ether oxygens (including phenoxy) is 1. The first-order valence-electron chi connectivity index (χ1n) is 6.06. The number of nitrogens with one attached hydrogen (secondary N) is 1. The predicted molar refractivity (Wildman–Crippen MR) is 68.4 cm³/mol. The molecule has 2 atom stereocenters. The van der Waals surface area contributed by atoms with Crippen LogP contribution in [0, 0.1) is 6.92 Å². The predicted octanol–water partition coefficient (Wildman–Crippen LogP) is 1.15. The molecule has 5 heteroatoms. The van der Waals surface area contributed by atoms with Gasteiger partial charge in [0.1, 0.15) is 11.9 Å². The lowest BCUT2D eigenvalue weighted by Gasteiger charge is -2.13. The van der Waals surface area contributed by atoms with Gasteiger partial charge in [0, 0.05) is 6.54 Å². The van der Waals surface area contributed by atoms with E-state index in [1.807, 2.05) is 6.92 Å². The van der Waals surface area contributed by atoms with E-state index in [1.165, 1.54) is 0 Å². The summed E-state index contributed by atoms with van der Waals surface area (Å²) in [6.45, 7) is 2.32. The number of aryl methyl sites for hydroxylation is 1. The van der Waals surface area contributed by atoms with E-state index in [0.29, 0.717) is 18.7 Å². The zero-order valence-electron chi connectivity index (χ0n) is 10.3. The third kappa shape index (κ3) is 2.80. The number of amides is 1. The molecule has 98 valence electrons. The van der Waals surface area contributed by atoms with E-state index in [9.17, 15) is 9.90 Å². The van der Waals surface area contributed by atoms with Gasteiger partial charge in [-0.15, -0.1) is 0 Å². The molecule has 5 nitrogen and oxygen atoms in total. The molecule has 1 fully saturated rings. The quantitative estimate of drug-likeness (QED) is 0.702. The van der Waals surface area contributed by atoms with Crippen LogP contribution in [0.5, 0.6) is 5.75 Å². The van der Waals surface area contributed by atoms with Crippen LogP contribution in [0.2, 0.25) is 0 Å². The van der Waals surface area contributed by atoms with Gasteiger partial charge in [0.05, 0.1) is 11.8 Å². The van der Waals surface area contributed by atoms with E-state index in [2.05, 4.69) is 5.32 Å². The van der Waals surface area contributed by atoms with Crippen molar-refractivity contribution in [1.29, 1.82) is 0 Å². The van der Waals surface area contributed by atoms with Gasteiger partial charge in [-0.05, 0) is 37.5 Å². The number of hydrogen-bond donors (Lipinski definition) is 3. The highest BCUT2D eigenvalue weighted by atomic mass is 16.5. The van der Waals surface area contributed by atoms with Gasteiger partial charge in [-0.3, -0.25) is 4.79 Å². The van der Waals surface area contributed by atoms with Gasteiger partial charge in [-0.2, -0.15) is 0 Å². The Balaban J connectivity index is 2.01. The number of benzene rings is 1. The smallest absolute Gasteiger partial charge is 0.253 e. The lowest BCUT2D eigenvalue weighted by atomic mass is 10.1. The molecule has 1 aromatic rings. The minimum Gasteiger partial charge on any atom is -0.506 e. The van der Waals surface area contributed by atoms with Gasteiger partial charge in [-0.25, -0.2) is 0 Å². The normalized spacial score (nSPS) is 23.0. The Morgan fingerprint density at radius 1 is 1.56 bits per heavy atom. The lowest BCUT2D eigenvalue weighted by Crippen LogP contribution is -2.29. The van der Waals surface area contributed by atoms with Crippen molar-refractivity contribution in [2.75, 3.05) is 11.9 Å². The first-order valence-corrected chi connectivity index (χ1v) is 6.06. The largest absolute Gasteiger partial charge is 0.506 e. The molecular formula is C13H18N2O3. The van der Waals surface area contributed by atoms with Crippen LogP contribution in [-0.4, -0.2) is 29.8 Å². The Hall–Kier alpha value is -1.59.